The number of rotatable bonds is 7. The molecule has 19 heavy (non-hydrogen) atoms. The molecule has 1 aromatic heterocycles. The van der Waals surface area contributed by atoms with Gasteiger partial charge in [-0.3, -0.25) is 0 Å². The summed E-state index contributed by atoms with van der Waals surface area (Å²) >= 11 is 0. The number of nitrogens with zero attached hydrogens (tertiary/aromatic N) is 2. The first-order chi connectivity index (χ1) is 9.29. The summed E-state index contributed by atoms with van der Waals surface area (Å²) in [5, 5.41) is 3.90. The van der Waals surface area contributed by atoms with E-state index in [0.29, 0.717) is 31.2 Å². The molecular weight excluding hydrogens is 242 g/mol. The van der Waals surface area contributed by atoms with Gasteiger partial charge in [-0.25, -0.2) is 0 Å². The lowest BCUT2D eigenvalue weighted by atomic mass is 10.0. The van der Waals surface area contributed by atoms with Gasteiger partial charge in [-0.15, -0.1) is 0 Å². The van der Waals surface area contributed by atoms with E-state index in [0.717, 1.165) is 12.0 Å². The zero-order chi connectivity index (χ0) is 13.5. The molecule has 0 saturated heterocycles. The van der Waals surface area contributed by atoms with Crippen molar-refractivity contribution in [1.29, 1.82) is 0 Å². The third-order valence-electron chi connectivity index (χ3n) is 2.94. The summed E-state index contributed by atoms with van der Waals surface area (Å²) in [6.07, 6.45) is 2.15. The maximum atomic E-state index is 6.12. The van der Waals surface area contributed by atoms with Crippen LogP contribution in [0.1, 0.15) is 29.7 Å². The van der Waals surface area contributed by atoms with Crippen molar-refractivity contribution in [3.05, 3.63) is 47.6 Å². The Balaban J connectivity index is 1.83. The highest BCUT2D eigenvalue weighted by Gasteiger charge is 2.10. The number of hydrogen-bond acceptors (Lipinski definition) is 5. The molecule has 0 aliphatic heterocycles. The number of aromatic nitrogens is 2. The van der Waals surface area contributed by atoms with E-state index in [4.69, 9.17) is 15.0 Å². The lowest BCUT2D eigenvalue weighted by Crippen LogP contribution is -2.11. The number of methoxy groups -OCH3 is 1. The van der Waals surface area contributed by atoms with Crippen LogP contribution < -0.4 is 5.73 Å². The van der Waals surface area contributed by atoms with Gasteiger partial charge in [-0.2, -0.15) is 4.98 Å². The third kappa shape index (κ3) is 4.15. The van der Waals surface area contributed by atoms with Crippen molar-refractivity contribution in [2.24, 2.45) is 5.73 Å². The van der Waals surface area contributed by atoms with E-state index in [9.17, 15) is 0 Å². The minimum atomic E-state index is -0.00414. The third-order valence-corrected chi connectivity index (χ3v) is 2.94. The van der Waals surface area contributed by atoms with Crippen molar-refractivity contribution in [2.75, 3.05) is 13.7 Å². The second-order valence-corrected chi connectivity index (χ2v) is 4.40. The molecule has 2 rings (SSSR count). The Morgan fingerprint density at radius 3 is 2.79 bits per heavy atom. The van der Waals surface area contributed by atoms with E-state index in [1.165, 1.54) is 0 Å². The van der Waals surface area contributed by atoms with Gasteiger partial charge in [0.2, 0.25) is 5.89 Å². The molecule has 5 nitrogen and oxygen atoms in total. The van der Waals surface area contributed by atoms with Crippen molar-refractivity contribution >= 4 is 0 Å². The van der Waals surface area contributed by atoms with Crippen LogP contribution in [0.4, 0.5) is 0 Å². The Labute approximate surface area is 112 Å². The number of hydrogen-bond donors (Lipinski definition) is 1. The molecule has 0 aliphatic carbocycles. The molecule has 0 fully saturated rings. The molecule has 0 aliphatic rings. The summed E-state index contributed by atoms with van der Waals surface area (Å²) in [5.41, 5.74) is 7.25. The molecule has 0 saturated carbocycles. The summed E-state index contributed by atoms with van der Waals surface area (Å²) in [4.78, 5) is 4.30. The van der Waals surface area contributed by atoms with E-state index in [1.807, 2.05) is 30.3 Å². The first-order valence-electron chi connectivity index (χ1n) is 6.40. The van der Waals surface area contributed by atoms with Crippen molar-refractivity contribution in [2.45, 2.75) is 25.3 Å². The fourth-order valence-electron chi connectivity index (χ4n) is 1.83. The standard InChI is InChI=1S/C14H19N3O2/c1-18-10-9-13-16-14(19-17-13)8-7-12(15)11-5-3-2-4-6-11/h2-6,12H,7-10,15H2,1H3. The second kappa shape index (κ2) is 7.01. The van der Waals surface area contributed by atoms with Crippen molar-refractivity contribution < 1.29 is 9.26 Å². The van der Waals surface area contributed by atoms with Crippen LogP contribution in [-0.4, -0.2) is 23.9 Å². The predicted molar refractivity (Wildman–Crippen MR) is 71.6 cm³/mol. The Morgan fingerprint density at radius 2 is 2.05 bits per heavy atom. The molecule has 0 bridgehead atoms. The Hall–Kier alpha value is -1.72. The van der Waals surface area contributed by atoms with Gasteiger partial charge >= 0.3 is 0 Å². The van der Waals surface area contributed by atoms with Gasteiger partial charge < -0.3 is 15.0 Å². The average Bonchev–Trinajstić information content (AvgIpc) is 2.91. The molecule has 2 N–H and O–H groups in total. The second-order valence-electron chi connectivity index (χ2n) is 4.40. The molecule has 1 aromatic carbocycles. The lowest BCUT2D eigenvalue weighted by Gasteiger charge is -2.09. The number of nitrogens with two attached hydrogens (primary N) is 1. The molecule has 5 heteroatoms. The van der Waals surface area contributed by atoms with Crippen LogP contribution in [0.3, 0.4) is 0 Å². The summed E-state index contributed by atoms with van der Waals surface area (Å²) in [6, 6.07) is 10.0. The number of ether oxygens (including phenoxy) is 1. The van der Waals surface area contributed by atoms with Gasteiger partial charge in [-0.1, -0.05) is 35.5 Å². The number of benzene rings is 1. The van der Waals surface area contributed by atoms with Crippen LogP contribution in [0.2, 0.25) is 0 Å². The smallest absolute Gasteiger partial charge is 0.226 e. The van der Waals surface area contributed by atoms with Crippen LogP contribution >= 0.6 is 0 Å². The monoisotopic (exact) mass is 261 g/mol. The molecule has 102 valence electrons. The topological polar surface area (TPSA) is 74.2 Å². The first kappa shape index (κ1) is 13.7. The summed E-state index contributed by atoms with van der Waals surface area (Å²) in [6.45, 7) is 0.600. The fourth-order valence-corrected chi connectivity index (χ4v) is 1.83. The van der Waals surface area contributed by atoms with E-state index in [2.05, 4.69) is 10.1 Å². The Bertz CT molecular complexity index is 484. The summed E-state index contributed by atoms with van der Waals surface area (Å²) < 4.78 is 10.1. The molecule has 1 unspecified atom stereocenters. The van der Waals surface area contributed by atoms with Crippen LogP contribution in [0, 0.1) is 0 Å². The van der Waals surface area contributed by atoms with Crippen molar-refractivity contribution in [3.63, 3.8) is 0 Å². The molecule has 0 radical (unpaired) electrons. The highest BCUT2D eigenvalue weighted by atomic mass is 16.5. The van der Waals surface area contributed by atoms with Gasteiger partial charge in [0.1, 0.15) is 0 Å². The Kier molecular flexibility index (Phi) is 5.06. The van der Waals surface area contributed by atoms with Crippen LogP contribution in [0.25, 0.3) is 0 Å². The molecule has 1 heterocycles. The Morgan fingerprint density at radius 1 is 1.26 bits per heavy atom. The predicted octanol–water partition coefficient (Wildman–Crippen LogP) is 1.89. The lowest BCUT2D eigenvalue weighted by molar-refractivity contribution is 0.199. The van der Waals surface area contributed by atoms with Gasteiger partial charge in [0.15, 0.2) is 5.82 Å². The fraction of sp³-hybridized carbons (Fsp3) is 0.429. The van der Waals surface area contributed by atoms with Gasteiger partial charge in [0.05, 0.1) is 6.61 Å². The summed E-state index contributed by atoms with van der Waals surface area (Å²) in [5.74, 6) is 1.32. The maximum absolute atomic E-state index is 6.12. The molecule has 2 aromatic rings. The van der Waals surface area contributed by atoms with Gasteiger partial charge in [0, 0.05) is 26.0 Å². The average molecular weight is 261 g/mol. The molecule has 1 atom stereocenters. The zero-order valence-corrected chi connectivity index (χ0v) is 11.1. The van der Waals surface area contributed by atoms with Crippen LogP contribution in [0.5, 0.6) is 0 Å². The number of aryl methyl sites for hydroxylation is 1. The zero-order valence-electron chi connectivity index (χ0n) is 11.1. The van der Waals surface area contributed by atoms with Crippen molar-refractivity contribution in [1.82, 2.24) is 10.1 Å². The van der Waals surface area contributed by atoms with E-state index < -0.39 is 0 Å². The van der Waals surface area contributed by atoms with Gasteiger partial charge in [-0.05, 0) is 12.0 Å². The van der Waals surface area contributed by atoms with Crippen molar-refractivity contribution in [3.8, 4) is 0 Å². The van der Waals surface area contributed by atoms with E-state index in [1.54, 1.807) is 7.11 Å². The molecule has 0 amide bonds. The first-order valence-corrected chi connectivity index (χ1v) is 6.40. The van der Waals surface area contributed by atoms with Crippen LogP contribution in [0.15, 0.2) is 34.9 Å². The SMILES string of the molecule is COCCc1noc(CCC(N)c2ccccc2)n1. The van der Waals surface area contributed by atoms with Gasteiger partial charge in [0.25, 0.3) is 0 Å². The highest BCUT2D eigenvalue weighted by molar-refractivity contribution is 5.18. The highest BCUT2D eigenvalue weighted by Crippen LogP contribution is 2.15. The molecular formula is C14H19N3O2. The minimum Gasteiger partial charge on any atom is -0.384 e. The maximum Gasteiger partial charge on any atom is 0.226 e. The largest absolute Gasteiger partial charge is 0.384 e. The van der Waals surface area contributed by atoms with E-state index in [-0.39, 0.29) is 6.04 Å². The van der Waals surface area contributed by atoms with E-state index >= 15 is 0 Å². The minimum absolute atomic E-state index is 0.00414. The quantitative estimate of drug-likeness (QED) is 0.823. The summed E-state index contributed by atoms with van der Waals surface area (Å²) in [7, 11) is 1.65. The van der Waals surface area contributed by atoms with Crippen LogP contribution in [-0.2, 0) is 17.6 Å². The normalized spacial score (nSPS) is 12.5. The molecule has 0 spiro atoms.